The van der Waals surface area contributed by atoms with Crippen molar-refractivity contribution < 1.29 is 14.3 Å². The lowest BCUT2D eigenvalue weighted by atomic mass is 9.98. The molecule has 5 heteroatoms. The zero-order valence-corrected chi connectivity index (χ0v) is 14.4. The summed E-state index contributed by atoms with van der Waals surface area (Å²) in [6, 6.07) is 16.0. The van der Waals surface area contributed by atoms with Crippen LogP contribution in [0.15, 0.2) is 60.9 Å². The van der Waals surface area contributed by atoms with Crippen molar-refractivity contribution in [1.29, 1.82) is 0 Å². The SMILES string of the molecule is O=C(COc1ccc2ccccc2c1-c1cccnc1)N1CCOCC1. The molecule has 1 amide bonds. The van der Waals surface area contributed by atoms with Crippen molar-refractivity contribution in [2.45, 2.75) is 0 Å². The number of hydrogen-bond acceptors (Lipinski definition) is 4. The number of carbonyl (C=O) groups excluding carboxylic acids is 1. The van der Waals surface area contributed by atoms with Gasteiger partial charge in [-0.2, -0.15) is 0 Å². The first-order valence-corrected chi connectivity index (χ1v) is 8.73. The van der Waals surface area contributed by atoms with Crippen molar-refractivity contribution in [3.05, 3.63) is 60.9 Å². The second-order valence-corrected chi connectivity index (χ2v) is 6.18. The molecule has 0 radical (unpaired) electrons. The minimum Gasteiger partial charge on any atom is -0.483 e. The van der Waals surface area contributed by atoms with Crippen molar-refractivity contribution in [1.82, 2.24) is 9.88 Å². The smallest absolute Gasteiger partial charge is 0.260 e. The summed E-state index contributed by atoms with van der Waals surface area (Å²) in [4.78, 5) is 18.4. The molecule has 0 N–H and O–H groups in total. The third kappa shape index (κ3) is 3.39. The van der Waals surface area contributed by atoms with E-state index in [4.69, 9.17) is 9.47 Å². The normalized spacial score (nSPS) is 14.4. The Labute approximate surface area is 152 Å². The van der Waals surface area contributed by atoms with E-state index in [9.17, 15) is 4.79 Å². The maximum Gasteiger partial charge on any atom is 0.260 e. The number of amides is 1. The molecule has 1 aliphatic heterocycles. The number of hydrogen-bond donors (Lipinski definition) is 0. The summed E-state index contributed by atoms with van der Waals surface area (Å²) < 4.78 is 11.3. The number of ether oxygens (including phenoxy) is 2. The summed E-state index contributed by atoms with van der Waals surface area (Å²) in [5.41, 5.74) is 1.93. The molecule has 0 spiro atoms. The molecule has 1 fully saturated rings. The van der Waals surface area contributed by atoms with Gasteiger partial charge in [0.2, 0.25) is 0 Å². The van der Waals surface area contributed by atoms with E-state index in [0.29, 0.717) is 32.1 Å². The number of carbonyl (C=O) groups is 1. The Kier molecular flexibility index (Phi) is 4.80. The van der Waals surface area contributed by atoms with Crippen molar-refractivity contribution in [3.63, 3.8) is 0 Å². The van der Waals surface area contributed by atoms with Crippen LogP contribution in [0.1, 0.15) is 0 Å². The zero-order chi connectivity index (χ0) is 17.8. The summed E-state index contributed by atoms with van der Waals surface area (Å²) in [5, 5.41) is 2.20. The van der Waals surface area contributed by atoms with Crippen molar-refractivity contribution in [2.24, 2.45) is 0 Å². The van der Waals surface area contributed by atoms with Crippen LogP contribution >= 0.6 is 0 Å². The summed E-state index contributed by atoms with van der Waals surface area (Å²) in [7, 11) is 0. The van der Waals surface area contributed by atoms with Crippen LogP contribution in [0.3, 0.4) is 0 Å². The molecule has 26 heavy (non-hydrogen) atoms. The van der Waals surface area contributed by atoms with Gasteiger partial charge < -0.3 is 14.4 Å². The number of benzene rings is 2. The largest absolute Gasteiger partial charge is 0.483 e. The summed E-state index contributed by atoms with van der Waals surface area (Å²) in [6.07, 6.45) is 3.57. The van der Waals surface area contributed by atoms with Gasteiger partial charge in [-0.25, -0.2) is 0 Å². The van der Waals surface area contributed by atoms with Gasteiger partial charge in [0, 0.05) is 36.6 Å². The Morgan fingerprint density at radius 2 is 1.92 bits per heavy atom. The maximum atomic E-state index is 12.4. The molecule has 0 aliphatic carbocycles. The lowest BCUT2D eigenvalue weighted by molar-refractivity contribution is -0.137. The van der Waals surface area contributed by atoms with Gasteiger partial charge in [-0.1, -0.05) is 36.4 Å². The molecule has 1 aromatic heterocycles. The number of rotatable bonds is 4. The monoisotopic (exact) mass is 348 g/mol. The minimum absolute atomic E-state index is 0.0152. The first-order chi connectivity index (χ1) is 12.8. The molecule has 0 atom stereocenters. The molecular formula is C21H20N2O3. The van der Waals surface area contributed by atoms with Gasteiger partial charge in [0.25, 0.3) is 5.91 Å². The van der Waals surface area contributed by atoms with Crippen molar-refractivity contribution in [3.8, 4) is 16.9 Å². The van der Waals surface area contributed by atoms with Crippen LogP contribution in [0.4, 0.5) is 0 Å². The average molecular weight is 348 g/mol. The van der Waals surface area contributed by atoms with E-state index in [1.165, 1.54) is 0 Å². The van der Waals surface area contributed by atoms with Crippen LogP contribution in [0.25, 0.3) is 21.9 Å². The summed E-state index contributed by atoms with van der Waals surface area (Å²) >= 11 is 0. The predicted octanol–water partition coefficient (Wildman–Crippen LogP) is 3.14. The average Bonchev–Trinajstić information content (AvgIpc) is 2.72. The van der Waals surface area contributed by atoms with Crippen LogP contribution in [-0.4, -0.2) is 48.7 Å². The van der Waals surface area contributed by atoms with Gasteiger partial charge in [-0.3, -0.25) is 9.78 Å². The highest BCUT2D eigenvalue weighted by Crippen LogP contribution is 2.36. The molecule has 132 valence electrons. The predicted molar refractivity (Wildman–Crippen MR) is 100 cm³/mol. The van der Waals surface area contributed by atoms with E-state index in [1.807, 2.05) is 42.6 Å². The molecular weight excluding hydrogens is 328 g/mol. The number of fused-ring (bicyclic) bond motifs is 1. The van der Waals surface area contributed by atoms with Crippen LogP contribution < -0.4 is 4.74 Å². The second kappa shape index (κ2) is 7.54. The molecule has 2 aromatic carbocycles. The van der Waals surface area contributed by atoms with Crippen molar-refractivity contribution >= 4 is 16.7 Å². The molecule has 3 aromatic rings. The van der Waals surface area contributed by atoms with Crippen LogP contribution in [0, 0.1) is 0 Å². The Hall–Kier alpha value is -2.92. The molecule has 0 saturated carbocycles. The third-order valence-corrected chi connectivity index (χ3v) is 4.56. The van der Waals surface area contributed by atoms with Gasteiger partial charge >= 0.3 is 0 Å². The van der Waals surface area contributed by atoms with Crippen LogP contribution in [0.2, 0.25) is 0 Å². The van der Waals surface area contributed by atoms with Gasteiger partial charge in [0.1, 0.15) is 5.75 Å². The molecule has 5 nitrogen and oxygen atoms in total. The molecule has 0 unspecified atom stereocenters. The fourth-order valence-corrected chi connectivity index (χ4v) is 3.22. The number of pyridine rings is 1. The lowest BCUT2D eigenvalue weighted by Crippen LogP contribution is -2.43. The Morgan fingerprint density at radius 3 is 2.73 bits per heavy atom. The lowest BCUT2D eigenvalue weighted by Gasteiger charge is -2.27. The molecule has 1 saturated heterocycles. The Balaban J connectivity index is 1.65. The molecule has 1 aliphatic rings. The first-order valence-electron chi connectivity index (χ1n) is 8.73. The number of nitrogens with zero attached hydrogens (tertiary/aromatic N) is 2. The van der Waals surface area contributed by atoms with Crippen LogP contribution in [-0.2, 0) is 9.53 Å². The first kappa shape index (κ1) is 16.5. The molecule has 4 rings (SSSR count). The van der Waals surface area contributed by atoms with E-state index in [-0.39, 0.29) is 12.5 Å². The maximum absolute atomic E-state index is 12.4. The van der Waals surface area contributed by atoms with E-state index in [2.05, 4.69) is 17.1 Å². The van der Waals surface area contributed by atoms with Crippen LogP contribution in [0.5, 0.6) is 5.75 Å². The standard InChI is InChI=1S/C21H20N2O3/c24-20(23-10-12-25-13-11-23)15-26-19-8-7-16-4-1-2-6-18(16)21(19)17-5-3-9-22-14-17/h1-9,14H,10-13,15H2. The highest BCUT2D eigenvalue weighted by molar-refractivity contribution is 5.99. The van der Waals surface area contributed by atoms with Gasteiger partial charge in [0.15, 0.2) is 6.61 Å². The zero-order valence-electron chi connectivity index (χ0n) is 14.4. The quantitative estimate of drug-likeness (QED) is 0.727. The highest BCUT2D eigenvalue weighted by atomic mass is 16.5. The van der Waals surface area contributed by atoms with E-state index in [1.54, 1.807) is 11.1 Å². The molecule has 2 heterocycles. The fraction of sp³-hybridized carbons (Fsp3) is 0.238. The fourth-order valence-electron chi connectivity index (χ4n) is 3.22. The number of aromatic nitrogens is 1. The highest BCUT2D eigenvalue weighted by Gasteiger charge is 2.18. The third-order valence-electron chi connectivity index (χ3n) is 4.56. The summed E-state index contributed by atoms with van der Waals surface area (Å²) in [6.45, 7) is 2.43. The van der Waals surface area contributed by atoms with Gasteiger partial charge in [-0.15, -0.1) is 0 Å². The Bertz CT molecular complexity index is 906. The molecule has 0 bridgehead atoms. The van der Waals surface area contributed by atoms with E-state index in [0.717, 1.165) is 21.9 Å². The topological polar surface area (TPSA) is 51.7 Å². The van der Waals surface area contributed by atoms with Gasteiger partial charge in [0.05, 0.1) is 13.2 Å². The van der Waals surface area contributed by atoms with E-state index < -0.39 is 0 Å². The number of morpholine rings is 1. The second-order valence-electron chi connectivity index (χ2n) is 6.18. The summed E-state index contributed by atoms with van der Waals surface area (Å²) in [5.74, 6) is 0.678. The van der Waals surface area contributed by atoms with E-state index >= 15 is 0 Å². The van der Waals surface area contributed by atoms with Gasteiger partial charge in [-0.05, 0) is 22.9 Å². The van der Waals surface area contributed by atoms with Crippen molar-refractivity contribution in [2.75, 3.05) is 32.9 Å². The Morgan fingerprint density at radius 1 is 1.08 bits per heavy atom. The minimum atomic E-state index is -0.0152.